The first-order valence-corrected chi connectivity index (χ1v) is 6.62. The first-order valence-electron chi connectivity index (χ1n) is 6.62. The summed E-state index contributed by atoms with van der Waals surface area (Å²) in [6, 6.07) is 0. The first kappa shape index (κ1) is 13.3. The zero-order chi connectivity index (χ0) is 13.4. The van der Waals surface area contributed by atoms with Gasteiger partial charge in [-0.05, 0) is 46.2 Å². The molecule has 5 heteroatoms. The van der Waals surface area contributed by atoms with Crippen molar-refractivity contribution in [3.05, 3.63) is 0 Å². The summed E-state index contributed by atoms with van der Waals surface area (Å²) < 4.78 is 0. The number of amides is 1. The molecule has 0 atom stereocenters. The van der Waals surface area contributed by atoms with E-state index in [1.54, 1.807) is 0 Å². The second-order valence-corrected chi connectivity index (χ2v) is 5.90. The van der Waals surface area contributed by atoms with Crippen LogP contribution < -0.4 is 5.32 Å². The van der Waals surface area contributed by atoms with Gasteiger partial charge in [0.2, 0.25) is 5.91 Å². The molecule has 0 aliphatic heterocycles. The monoisotopic (exact) mass is 254 g/mol. The van der Waals surface area contributed by atoms with E-state index in [4.69, 9.17) is 0 Å². The molecule has 0 bridgehead atoms. The molecule has 18 heavy (non-hydrogen) atoms. The van der Waals surface area contributed by atoms with E-state index in [-0.39, 0.29) is 11.4 Å². The standard InChI is InChI=1S/C13H22N2O3/c1-15(2)12(5-3-6-12)9-14-10(16)13(11(17)18)7-4-8-13/h3-9H2,1-2H3,(H,14,16)(H,17,18). The van der Waals surface area contributed by atoms with Crippen LogP contribution in [0.5, 0.6) is 0 Å². The molecule has 0 aromatic rings. The quantitative estimate of drug-likeness (QED) is 0.713. The highest BCUT2D eigenvalue weighted by Crippen LogP contribution is 2.42. The van der Waals surface area contributed by atoms with Gasteiger partial charge < -0.3 is 15.3 Å². The number of nitrogens with one attached hydrogen (secondary N) is 1. The van der Waals surface area contributed by atoms with E-state index in [0.717, 1.165) is 19.3 Å². The van der Waals surface area contributed by atoms with Gasteiger partial charge in [0.15, 0.2) is 0 Å². The Balaban J connectivity index is 1.94. The topological polar surface area (TPSA) is 69.6 Å². The minimum absolute atomic E-state index is 0.0408. The Morgan fingerprint density at radius 2 is 1.72 bits per heavy atom. The number of hydrogen-bond donors (Lipinski definition) is 2. The van der Waals surface area contributed by atoms with Crippen LogP contribution in [0.2, 0.25) is 0 Å². The van der Waals surface area contributed by atoms with E-state index in [1.807, 2.05) is 14.1 Å². The molecule has 2 fully saturated rings. The Morgan fingerprint density at radius 3 is 2.00 bits per heavy atom. The summed E-state index contributed by atoms with van der Waals surface area (Å²) in [6.07, 6.45) is 5.10. The van der Waals surface area contributed by atoms with Crippen LogP contribution in [0.4, 0.5) is 0 Å². The van der Waals surface area contributed by atoms with Crippen molar-refractivity contribution in [2.45, 2.75) is 44.1 Å². The van der Waals surface area contributed by atoms with Gasteiger partial charge in [-0.25, -0.2) is 0 Å². The Morgan fingerprint density at radius 1 is 1.17 bits per heavy atom. The van der Waals surface area contributed by atoms with Gasteiger partial charge in [-0.2, -0.15) is 0 Å². The maximum absolute atomic E-state index is 12.1. The molecular weight excluding hydrogens is 232 g/mol. The molecule has 5 nitrogen and oxygen atoms in total. The summed E-state index contributed by atoms with van der Waals surface area (Å²) in [4.78, 5) is 25.4. The molecule has 2 aliphatic carbocycles. The third-order valence-corrected chi connectivity index (χ3v) is 4.86. The van der Waals surface area contributed by atoms with Crippen molar-refractivity contribution >= 4 is 11.9 Å². The van der Waals surface area contributed by atoms with Gasteiger partial charge in [0.05, 0.1) is 0 Å². The number of rotatable bonds is 5. The SMILES string of the molecule is CN(C)C1(CNC(=O)C2(C(=O)O)CCC2)CCC1. The summed E-state index contributed by atoms with van der Waals surface area (Å²) in [6.45, 7) is 0.563. The fourth-order valence-corrected chi connectivity index (χ4v) is 2.85. The fraction of sp³-hybridized carbons (Fsp3) is 0.846. The molecule has 2 aliphatic rings. The summed E-state index contributed by atoms with van der Waals surface area (Å²) in [7, 11) is 4.03. The van der Waals surface area contributed by atoms with E-state index >= 15 is 0 Å². The number of carbonyl (C=O) groups excluding carboxylic acids is 1. The average Bonchev–Trinajstić information content (AvgIpc) is 2.12. The second-order valence-electron chi connectivity index (χ2n) is 5.90. The van der Waals surface area contributed by atoms with Gasteiger partial charge in [0.1, 0.15) is 5.41 Å². The number of carboxylic acids is 1. The predicted molar refractivity (Wildman–Crippen MR) is 67.2 cm³/mol. The number of carboxylic acid groups (broad SMARTS) is 1. The van der Waals surface area contributed by atoms with Gasteiger partial charge in [-0.1, -0.05) is 6.42 Å². The van der Waals surface area contributed by atoms with E-state index < -0.39 is 11.4 Å². The van der Waals surface area contributed by atoms with Gasteiger partial charge in [-0.3, -0.25) is 9.59 Å². The molecule has 102 valence electrons. The normalized spacial score (nSPS) is 23.9. The zero-order valence-electron chi connectivity index (χ0n) is 11.2. The minimum Gasteiger partial charge on any atom is -0.480 e. The lowest BCUT2D eigenvalue weighted by Gasteiger charge is -2.48. The molecule has 2 saturated carbocycles. The zero-order valence-corrected chi connectivity index (χ0v) is 11.2. The van der Waals surface area contributed by atoms with Crippen molar-refractivity contribution < 1.29 is 14.7 Å². The summed E-state index contributed by atoms with van der Waals surface area (Å²) >= 11 is 0. The Kier molecular flexibility index (Phi) is 3.36. The number of hydrogen-bond acceptors (Lipinski definition) is 3. The van der Waals surface area contributed by atoms with Gasteiger partial charge in [-0.15, -0.1) is 0 Å². The molecular formula is C13H22N2O3. The Labute approximate surface area is 108 Å². The maximum Gasteiger partial charge on any atom is 0.319 e. The average molecular weight is 254 g/mol. The lowest BCUT2D eigenvalue weighted by molar-refractivity contribution is -0.162. The molecule has 1 amide bonds. The summed E-state index contributed by atoms with van der Waals surface area (Å²) in [5.74, 6) is -1.27. The largest absolute Gasteiger partial charge is 0.480 e. The number of aliphatic carboxylic acids is 1. The Hall–Kier alpha value is -1.10. The summed E-state index contributed by atoms with van der Waals surface area (Å²) in [5, 5.41) is 12.1. The fourth-order valence-electron chi connectivity index (χ4n) is 2.85. The van der Waals surface area contributed by atoms with Crippen LogP contribution in [-0.4, -0.2) is 48.1 Å². The molecule has 0 unspecified atom stereocenters. The third kappa shape index (κ3) is 1.90. The van der Waals surface area contributed by atoms with Crippen molar-refractivity contribution in [1.29, 1.82) is 0 Å². The van der Waals surface area contributed by atoms with Crippen molar-refractivity contribution in [3.63, 3.8) is 0 Å². The predicted octanol–water partition coefficient (Wildman–Crippen LogP) is 0.842. The molecule has 0 aromatic carbocycles. The highest BCUT2D eigenvalue weighted by molar-refractivity contribution is 6.02. The van der Waals surface area contributed by atoms with Gasteiger partial charge in [0.25, 0.3) is 0 Å². The van der Waals surface area contributed by atoms with Crippen LogP contribution in [0, 0.1) is 5.41 Å². The highest BCUT2D eigenvalue weighted by atomic mass is 16.4. The lowest BCUT2D eigenvalue weighted by Crippen LogP contribution is -2.60. The third-order valence-electron chi connectivity index (χ3n) is 4.86. The first-order chi connectivity index (χ1) is 8.43. The van der Waals surface area contributed by atoms with Crippen molar-refractivity contribution in [2.24, 2.45) is 5.41 Å². The summed E-state index contributed by atoms with van der Waals surface area (Å²) in [5.41, 5.74) is -1.10. The van der Waals surface area contributed by atoms with E-state index in [2.05, 4.69) is 10.2 Å². The van der Waals surface area contributed by atoms with Crippen LogP contribution in [0.1, 0.15) is 38.5 Å². The number of likely N-dealkylation sites (N-methyl/N-ethyl adjacent to an activating group) is 1. The maximum atomic E-state index is 12.1. The van der Waals surface area contributed by atoms with Gasteiger partial charge in [0, 0.05) is 12.1 Å². The van der Waals surface area contributed by atoms with Crippen LogP contribution in [0.15, 0.2) is 0 Å². The van der Waals surface area contributed by atoms with Crippen LogP contribution in [-0.2, 0) is 9.59 Å². The number of carbonyl (C=O) groups is 2. The van der Waals surface area contributed by atoms with Crippen molar-refractivity contribution in [3.8, 4) is 0 Å². The smallest absolute Gasteiger partial charge is 0.319 e. The van der Waals surface area contributed by atoms with E-state index in [0.29, 0.717) is 19.4 Å². The Bertz CT molecular complexity index is 357. The van der Waals surface area contributed by atoms with Crippen LogP contribution in [0.3, 0.4) is 0 Å². The number of nitrogens with zero attached hydrogens (tertiary/aromatic N) is 1. The minimum atomic E-state index is -1.14. The molecule has 0 radical (unpaired) electrons. The van der Waals surface area contributed by atoms with E-state index in [1.165, 1.54) is 6.42 Å². The highest BCUT2D eigenvalue weighted by Gasteiger charge is 2.52. The lowest BCUT2D eigenvalue weighted by atomic mass is 9.67. The van der Waals surface area contributed by atoms with Crippen LogP contribution >= 0.6 is 0 Å². The molecule has 2 rings (SSSR count). The van der Waals surface area contributed by atoms with Crippen molar-refractivity contribution in [2.75, 3.05) is 20.6 Å². The van der Waals surface area contributed by atoms with Gasteiger partial charge >= 0.3 is 5.97 Å². The molecule has 0 heterocycles. The molecule has 0 aromatic heterocycles. The van der Waals surface area contributed by atoms with Crippen LogP contribution in [0.25, 0.3) is 0 Å². The second kappa shape index (κ2) is 4.53. The molecule has 2 N–H and O–H groups in total. The molecule has 0 spiro atoms. The molecule has 0 saturated heterocycles. The van der Waals surface area contributed by atoms with Crippen molar-refractivity contribution in [1.82, 2.24) is 10.2 Å². The van der Waals surface area contributed by atoms with E-state index in [9.17, 15) is 14.7 Å².